The van der Waals surface area contributed by atoms with Gasteiger partial charge in [0.15, 0.2) is 0 Å². The van der Waals surface area contributed by atoms with Crippen LogP contribution >= 0.6 is 0 Å². The first-order chi connectivity index (χ1) is 12.4. The minimum absolute atomic E-state index is 0.407. The lowest BCUT2D eigenvalue weighted by atomic mass is 9.99. The quantitative estimate of drug-likeness (QED) is 0.796. The summed E-state index contributed by atoms with van der Waals surface area (Å²) in [6, 6.07) is 10.5. The number of aromatic nitrogens is 4. The molecule has 0 amide bonds. The second-order valence-corrected chi connectivity index (χ2v) is 7.01. The Bertz CT molecular complexity index is 874. The number of hydrogen-bond acceptors (Lipinski definition) is 3. The molecule has 0 bridgehead atoms. The summed E-state index contributed by atoms with van der Waals surface area (Å²) in [5.74, 6) is 0.407. The Hall–Kier alpha value is -2.40. The number of hydrogen-bond donors (Lipinski definition) is 1. The molecular formula is C20H22N4O. The highest BCUT2D eigenvalue weighted by molar-refractivity contribution is 5.62. The summed E-state index contributed by atoms with van der Waals surface area (Å²) in [5, 5.41) is 7.80. The second kappa shape index (κ2) is 6.15. The molecule has 2 aliphatic rings. The molecular weight excluding hydrogens is 312 g/mol. The minimum Gasteiger partial charge on any atom is -0.381 e. The number of rotatable bonds is 4. The normalized spacial score (nSPS) is 19.4. The molecule has 2 aromatic heterocycles. The standard InChI is InChI=1S/C20H22N4O/c1-2-5-14(6-3-1)19-20(15-9-10-25-12-15)24(13-21-19)11-18-16-7-4-8-17(16)22-23-18/h1-3,5-6,13,15H,4,7-12H2,(H,22,23)/t15-/m1/s1. The Morgan fingerprint density at radius 1 is 1.20 bits per heavy atom. The number of nitrogens with zero attached hydrogens (tertiary/aromatic N) is 3. The Labute approximate surface area is 147 Å². The van der Waals surface area contributed by atoms with Crippen molar-refractivity contribution < 1.29 is 4.74 Å². The number of imidazole rings is 1. The van der Waals surface area contributed by atoms with Crippen molar-refractivity contribution >= 4 is 0 Å². The number of fused-ring (bicyclic) bond motifs is 1. The smallest absolute Gasteiger partial charge is 0.0959 e. The van der Waals surface area contributed by atoms with E-state index in [0.717, 1.165) is 44.7 Å². The van der Waals surface area contributed by atoms with Gasteiger partial charge in [-0.05, 0) is 31.2 Å². The van der Waals surface area contributed by atoms with E-state index in [-0.39, 0.29) is 0 Å². The highest BCUT2D eigenvalue weighted by Gasteiger charge is 2.27. The molecule has 3 aromatic rings. The first kappa shape index (κ1) is 14.9. The SMILES string of the molecule is c1ccc(-c2ncn(Cc3n[nH]c4c3CCC4)c2[C@@H]2CCOC2)cc1. The largest absolute Gasteiger partial charge is 0.381 e. The summed E-state index contributed by atoms with van der Waals surface area (Å²) in [5.41, 5.74) is 7.47. The predicted octanol–water partition coefficient (Wildman–Crippen LogP) is 3.31. The van der Waals surface area contributed by atoms with Crippen molar-refractivity contribution in [2.45, 2.75) is 38.1 Å². The first-order valence-electron chi connectivity index (χ1n) is 9.13. The van der Waals surface area contributed by atoms with Gasteiger partial charge in [0.1, 0.15) is 0 Å². The van der Waals surface area contributed by atoms with Crippen molar-refractivity contribution in [2.75, 3.05) is 13.2 Å². The Balaban J connectivity index is 1.56. The molecule has 5 rings (SSSR count). The molecule has 128 valence electrons. The highest BCUT2D eigenvalue weighted by Crippen LogP contribution is 2.34. The molecule has 0 unspecified atom stereocenters. The predicted molar refractivity (Wildman–Crippen MR) is 95.6 cm³/mol. The van der Waals surface area contributed by atoms with Crippen molar-refractivity contribution in [3.63, 3.8) is 0 Å². The van der Waals surface area contributed by atoms with Crippen LogP contribution in [0.1, 0.15) is 41.4 Å². The number of benzene rings is 1. The van der Waals surface area contributed by atoms with Gasteiger partial charge in [0.25, 0.3) is 0 Å². The van der Waals surface area contributed by atoms with Gasteiger partial charge in [-0.15, -0.1) is 0 Å². The van der Waals surface area contributed by atoms with Crippen molar-refractivity contribution in [3.05, 3.63) is 59.3 Å². The number of nitrogens with one attached hydrogen (secondary N) is 1. The number of aryl methyl sites for hydroxylation is 1. The summed E-state index contributed by atoms with van der Waals surface area (Å²) in [7, 11) is 0. The highest BCUT2D eigenvalue weighted by atomic mass is 16.5. The zero-order valence-corrected chi connectivity index (χ0v) is 14.2. The van der Waals surface area contributed by atoms with Crippen LogP contribution < -0.4 is 0 Å². The van der Waals surface area contributed by atoms with E-state index >= 15 is 0 Å². The molecule has 1 aromatic carbocycles. The molecule has 1 N–H and O–H groups in total. The van der Waals surface area contributed by atoms with E-state index in [1.54, 1.807) is 0 Å². The lowest BCUT2D eigenvalue weighted by Crippen LogP contribution is -2.11. The van der Waals surface area contributed by atoms with Crippen LogP contribution in [0.15, 0.2) is 36.7 Å². The molecule has 0 radical (unpaired) electrons. The van der Waals surface area contributed by atoms with Gasteiger partial charge >= 0.3 is 0 Å². The molecule has 0 saturated carbocycles. The Kier molecular flexibility index (Phi) is 3.67. The molecule has 1 aliphatic carbocycles. The molecule has 1 aliphatic heterocycles. The summed E-state index contributed by atoms with van der Waals surface area (Å²) in [6.07, 6.45) is 6.55. The third-order valence-electron chi connectivity index (χ3n) is 5.45. The maximum atomic E-state index is 5.67. The molecule has 1 atom stereocenters. The van der Waals surface area contributed by atoms with Crippen molar-refractivity contribution in [1.82, 2.24) is 19.7 Å². The van der Waals surface area contributed by atoms with Crippen LogP contribution in [0.25, 0.3) is 11.3 Å². The second-order valence-electron chi connectivity index (χ2n) is 7.01. The third kappa shape index (κ3) is 2.59. The molecule has 25 heavy (non-hydrogen) atoms. The van der Waals surface area contributed by atoms with E-state index in [1.807, 2.05) is 12.4 Å². The fourth-order valence-corrected chi connectivity index (χ4v) is 4.19. The number of H-pyrrole nitrogens is 1. The molecule has 1 fully saturated rings. The molecule has 1 saturated heterocycles. The van der Waals surface area contributed by atoms with Gasteiger partial charge in [-0.25, -0.2) is 4.98 Å². The van der Waals surface area contributed by atoms with Gasteiger partial charge in [-0.1, -0.05) is 30.3 Å². The van der Waals surface area contributed by atoms with Crippen LogP contribution in [0.5, 0.6) is 0 Å². The topological polar surface area (TPSA) is 55.7 Å². The van der Waals surface area contributed by atoms with Gasteiger partial charge in [0.05, 0.1) is 36.6 Å². The molecule has 0 spiro atoms. The van der Waals surface area contributed by atoms with Gasteiger partial charge in [0, 0.05) is 23.8 Å². The van der Waals surface area contributed by atoms with Crippen LogP contribution in [-0.2, 0) is 24.1 Å². The summed E-state index contributed by atoms with van der Waals surface area (Å²) in [4.78, 5) is 4.77. The minimum atomic E-state index is 0.407. The monoisotopic (exact) mass is 334 g/mol. The third-order valence-corrected chi connectivity index (χ3v) is 5.45. The Morgan fingerprint density at radius 3 is 2.96 bits per heavy atom. The summed E-state index contributed by atoms with van der Waals surface area (Å²) < 4.78 is 7.96. The van der Waals surface area contributed by atoms with E-state index in [9.17, 15) is 0 Å². The number of aromatic amines is 1. The van der Waals surface area contributed by atoms with Gasteiger partial charge < -0.3 is 9.30 Å². The van der Waals surface area contributed by atoms with Crippen LogP contribution in [0.2, 0.25) is 0 Å². The van der Waals surface area contributed by atoms with Crippen LogP contribution in [0, 0.1) is 0 Å². The van der Waals surface area contributed by atoms with Crippen LogP contribution in [0.3, 0.4) is 0 Å². The lowest BCUT2D eigenvalue weighted by Gasteiger charge is -2.14. The summed E-state index contributed by atoms with van der Waals surface area (Å²) >= 11 is 0. The van der Waals surface area contributed by atoms with Gasteiger partial charge in [-0.2, -0.15) is 5.10 Å². The van der Waals surface area contributed by atoms with Gasteiger partial charge in [0.2, 0.25) is 0 Å². The summed E-state index contributed by atoms with van der Waals surface area (Å²) in [6.45, 7) is 2.41. The lowest BCUT2D eigenvalue weighted by molar-refractivity contribution is 0.193. The van der Waals surface area contributed by atoms with E-state index in [4.69, 9.17) is 9.72 Å². The maximum Gasteiger partial charge on any atom is 0.0959 e. The van der Waals surface area contributed by atoms with Gasteiger partial charge in [-0.3, -0.25) is 5.10 Å². The average Bonchev–Trinajstić information content (AvgIpc) is 3.42. The zero-order chi connectivity index (χ0) is 16.6. The average molecular weight is 334 g/mol. The van der Waals surface area contributed by atoms with Crippen molar-refractivity contribution in [2.24, 2.45) is 0 Å². The van der Waals surface area contributed by atoms with E-state index < -0.39 is 0 Å². The van der Waals surface area contributed by atoms with Crippen LogP contribution in [0.4, 0.5) is 0 Å². The zero-order valence-electron chi connectivity index (χ0n) is 14.2. The Morgan fingerprint density at radius 2 is 2.12 bits per heavy atom. The van der Waals surface area contributed by atoms with E-state index in [0.29, 0.717) is 5.92 Å². The van der Waals surface area contributed by atoms with Crippen molar-refractivity contribution in [1.29, 1.82) is 0 Å². The molecule has 5 nitrogen and oxygen atoms in total. The number of ether oxygens (including phenoxy) is 1. The van der Waals surface area contributed by atoms with E-state index in [2.05, 4.69) is 39.0 Å². The fraction of sp³-hybridized carbons (Fsp3) is 0.400. The fourth-order valence-electron chi connectivity index (χ4n) is 4.19. The first-order valence-corrected chi connectivity index (χ1v) is 9.13. The van der Waals surface area contributed by atoms with Crippen LogP contribution in [-0.4, -0.2) is 33.0 Å². The van der Waals surface area contributed by atoms with E-state index in [1.165, 1.54) is 34.6 Å². The molecule has 3 heterocycles. The maximum absolute atomic E-state index is 5.67. The molecule has 5 heteroatoms. The van der Waals surface area contributed by atoms with Crippen molar-refractivity contribution in [3.8, 4) is 11.3 Å².